The second-order valence-electron chi connectivity index (χ2n) is 5.42. The summed E-state index contributed by atoms with van der Waals surface area (Å²) in [5.74, 6) is 1.02. The van der Waals surface area contributed by atoms with Crippen LogP contribution in [0.1, 0.15) is 37.2 Å². The fourth-order valence-electron chi connectivity index (χ4n) is 1.96. The molecule has 1 unspecified atom stereocenters. The maximum atomic E-state index is 11.9. The second-order valence-corrected chi connectivity index (χ2v) is 5.42. The van der Waals surface area contributed by atoms with Crippen LogP contribution in [0.4, 0.5) is 5.82 Å². The van der Waals surface area contributed by atoms with Crippen molar-refractivity contribution in [3.05, 3.63) is 17.8 Å². The maximum absolute atomic E-state index is 11.9. The largest absolute Gasteiger partial charge is 0.376 e. The SMILES string of the molecule is CC(C)CNc1ccc(C(=O)NCC2CCCO2)nn1. The van der Waals surface area contributed by atoms with Gasteiger partial charge in [0.15, 0.2) is 5.69 Å². The highest BCUT2D eigenvalue weighted by Gasteiger charge is 2.17. The molecule has 20 heavy (non-hydrogen) atoms. The number of nitrogens with zero attached hydrogens (tertiary/aromatic N) is 2. The summed E-state index contributed by atoms with van der Waals surface area (Å²) in [6.45, 7) is 6.39. The molecule has 6 nitrogen and oxygen atoms in total. The van der Waals surface area contributed by atoms with E-state index in [-0.39, 0.29) is 12.0 Å². The molecule has 1 aliphatic rings. The minimum absolute atomic E-state index is 0.138. The highest BCUT2D eigenvalue weighted by Crippen LogP contribution is 2.10. The Labute approximate surface area is 119 Å². The van der Waals surface area contributed by atoms with E-state index >= 15 is 0 Å². The van der Waals surface area contributed by atoms with E-state index in [0.29, 0.717) is 24.0 Å². The first-order valence-electron chi connectivity index (χ1n) is 7.12. The van der Waals surface area contributed by atoms with Crippen molar-refractivity contribution in [1.29, 1.82) is 0 Å². The Balaban J connectivity index is 1.80. The number of nitrogens with one attached hydrogen (secondary N) is 2. The standard InChI is InChI=1S/C14H22N4O2/c1-10(2)8-15-13-6-5-12(17-18-13)14(19)16-9-11-4-3-7-20-11/h5-6,10-11H,3-4,7-9H2,1-2H3,(H,15,18)(H,16,19). The minimum Gasteiger partial charge on any atom is -0.376 e. The lowest BCUT2D eigenvalue weighted by molar-refractivity contribution is 0.0853. The Morgan fingerprint density at radius 3 is 2.90 bits per heavy atom. The molecule has 1 aromatic heterocycles. The van der Waals surface area contributed by atoms with Gasteiger partial charge in [-0.1, -0.05) is 13.8 Å². The van der Waals surface area contributed by atoms with Gasteiger partial charge in [0.05, 0.1) is 6.10 Å². The normalized spacial score (nSPS) is 18.2. The zero-order valence-corrected chi connectivity index (χ0v) is 12.1. The van der Waals surface area contributed by atoms with Gasteiger partial charge in [0.1, 0.15) is 5.82 Å². The van der Waals surface area contributed by atoms with Gasteiger partial charge in [-0.15, -0.1) is 10.2 Å². The van der Waals surface area contributed by atoms with Crippen molar-refractivity contribution in [3.8, 4) is 0 Å². The topological polar surface area (TPSA) is 76.1 Å². The average molecular weight is 278 g/mol. The minimum atomic E-state index is -0.205. The lowest BCUT2D eigenvalue weighted by Gasteiger charge is -2.10. The summed E-state index contributed by atoms with van der Waals surface area (Å²) in [5.41, 5.74) is 0.332. The van der Waals surface area contributed by atoms with Gasteiger partial charge in [0.25, 0.3) is 5.91 Å². The van der Waals surface area contributed by atoms with Gasteiger partial charge in [-0.3, -0.25) is 4.79 Å². The van der Waals surface area contributed by atoms with Gasteiger partial charge in [0.2, 0.25) is 0 Å². The molecule has 0 bridgehead atoms. The zero-order chi connectivity index (χ0) is 14.4. The van der Waals surface area contributed by atoms with Crippen LogP contribution >= 0.6 is 0 Å². The van der Waals surface area contributed by atoms with Crippen molar-refractivity contribution in [3.63, 3.8) is 0 Å². The molecule has 0 radical (unpaired) electrons. The van der Waals surface area contributed by atoms with E-state index in [1.807, 2.05) is 0 Å². The third-order valence-corrected chi connectivity index (χ3v) is 3.10. The number of ether oxygens (including phenoxy) is 1. The summed E-state index contributed by atoms with van der Waals surface area (Å²) < 4.78 is 5.45. The van der Waals surface area contributed by atoms with E-state index in [1.54, 1.807) is 12.1 Å². The fraction of sp³-hybridized carbons (Fsp3) is 0.643. The molecule has 1 aromatic rings. The van der Waals surface area contributed by atoms with Gasteiger partial charge in [0, 0.05) is 19.7 Å². The summed E-state index contributed by atoms with van der Waals surface area (Å²) in [7, 11) is 0. The number of carbonyl (C=O) groups excluding carboxylic acids is 1. The van der Waals surface area contributed by atoms with E-state index in [0.717, 1.165) is 26.0 Å². The average Bonchev–Trinajstić information content (AvgIpc) is 2.96. The lowest BCUT2D eigenvalue weighted by atomic mass is 10.2. The Morgan fingerprint density at radius 1 is 1.45 bits per heavy atom. The van der Waals surface area contributed by atoms with Crippen LogP contribution in [-0.2, 0) is 4.74 Å². The van der Waals surface area contributed by atoms with Crippen molar-refractivity contribution >= 4 is 11.7 Å². The molecule has 1 amide bonds. The number of amides is 1. The third kappa shape index (κ3) is 4.45. The van der Waals surface area contributed by atoms with Crippen molar-refractivity contribution in [1.82, 2.24) is 15.5 Å². The number of hydrogen-bond acceptors (Lipinski definition) is 5. The zero-order valence-electron chi connectivity index (χ0n) is 12.1. The summed E-state index contributed by atoms with van der Waals surface area (Å²) in [5, 5.41) is 13.9. The molecule has 0 aromatic carbocycles. The molecule has 0 saturated carbocycles. The molecule has 2 N–H and O–H groups in total. The van der Waals surface area contributed by atoms with Gasteiger partial charge < -0.3 is 15.4 Å². The van der Waals surface area contributed by atoms with Crippen LogP contribution in [0.5, 0.6) is 0 Å². The van der Waals surface area contributed by atoms with Gasteiger partial charge in [-0.05, 0) is 30.9 Å². The maximum Gasteiger partial charge on any atom is 0.271 e. The molecule has 0 aliphatic carbocycles. The number of hydrogen-bond donors (Lipinski definition) is 2. The molecular weight excluding hydrogens is 256 g/mol. The van der Waals surface area contributed by atoms with Crippen LogP contribution in [-0.4, -0.2) is 41.9 Å². The van der Waals surface area contributed by atoms with Crippen LogP contribution in [0.15, 0.2) is 12.1 Å². The van der Waals surface area contributed by atoms with E-state index in [4.69, 9.17) is 4.74 Å². The molecule has 2 rings (SSSR count). The van der Waals surface area contributed by atoms with Crippen LogP contribution in [0, 0.1) is 5.92 Å². The number of carbonyl (C=O) groups is 1. The van der Waals surface area contributed by atoms with Crippen LogP contribution in [0.25, 0.3) is 0 Å². The third-order valence-electron chi connectivity index (χ3n) is 3.10. The Kier molecular flexibility index (Phi) is 5.29. The first-order chi connectivity index (χ1) is 9.65. The molecule has 2 heterocycles. The Morgan fingerprint density at radius 2 is 2.30 bits per heavy atom. The van der Waals surface area contributed by atoms with Crippen molar-refractivity contribution in [2.24, 2.45) is 5.92 Å². The van der Waals surface area contributed by atoms with Gasteiger partial charge in [-0.2, -0.15) is 0 Å². The number of anilines is 1. The van der Waals surface area contributed by atoms with Crippen molar-refractivity contribution in [2.75, 3.05) is 25.0 Å². The fourth-order valence-corrected chi connectivity index (χ4v) is 1.96. The van der Waals surface area contributed by atoms with Gasteiger partial charge in [-0.25, -0.2) is 0 Å². The first-order valence-corrected chi connectivity index (χ1v) is 7.12. The summed E-state index contributed by atoms with van der Waals surface area (Å²) >= 11 is 0. The Hall–Kier alpha value is -1.69. The van der Waals surface area contributed by atoms with E-state index in [1.165, 1.54) is 0 Å². The molecule has 1 aliphatic heterocycles. The molecule has 1 fully saturated rings. The number of rotatable bonds is 6. The van der Waals surface area contributed by atoms with Crippen molar-refractivity contribution < 1.29 is 9.53 Å². The molecule has 6 heteroatoms. The molecular formula is C14H22N4O2. The van der Waals surface area contributed by atoms with E-state index in [2.05, 4.69) is 34.7 Å². The smallest absolute Gasteiger partial charge is 0.271 e. The summed E-state index contributed by atoms with van der Waals surface area (Å²) in [4.78, 5) is 11.9. The predicted molar refractivity (Wildman–Crippen MR) is 76.7 cm³/mol. The van der Waals surface area contributed by atoms with Gasteiger partial charge >= 0.3 is 0 Å². The van der Waals surface area contributed by atoms with Crippen LogP contribution < -0.4 is 10.6 Å². The van der Waals surface area contributed by atoms with Crippen molar-refractivity contribution in [2.45, 2.75) is 32.8 Å². The number of aromatic nitrogens is 2. The van der Waals surface area contributed by atoms with E-state index < -0.39 is 0 Å². The quantitative estimate of drug-likeness (QED) is 0.823. The highest BCUT2D eigenvalue weighted by molar-refractivity contribution is 5.92. The molecule has 1 atom stereocenters. The highest BCUT2D eigenvalue weighted by atomic mass is 16.5. The van der Waals surface area contributed by atoms with Crippen LogP contribution in [0.3, 0.4) is 0 Å². The molecule has 110 valence electrons. The van der Waals surface area contributed by atoms with Crippen LogP contribution in [0.2, 0.25) is 0 Å². The predicted octanol–water partition coefficient (Wildman–Crippen LogP) is 1.45. The lowest BCUT2D eigenvalue weighted by Crippen LogP contribution is -2.32. The first kappa shape index (κ1) is 14.7. The monoisotopic (exact) mass is 278 g/mol. The second kappa shape index (κ2) is 7.19. The molecule has 1 saturated heterocycles. The molecule has 0 spiro atoms. The Bertz CT molecular complexity index is 427. The summed E-state index contributed by atoms with van der Waals surface area (Å²) in [6.07, 6.45) is 2.21. The van der Waals surface area contributed by atoms with E-state index in [9.17, 15) is 4.79 Å². The summed E-state index contributed by atoms with van der Waals surface area (Å²) in [6, 6.07) is 3.46.